The van der Waals surface area contributed by atoms with E-state index >= 15 is 0 Å². The van der Waals surface area contributed by atoms with Crippen LogP contribution in [0.3, 0.4) is 0 Å². The second-order valence-corrected chi connectivity index (χ2v) is 10.1. The number of amides is 2. The van der Waals surface area contributed by atoms with E-state index in [1.165, 1.54) is 11.8 Å². The van der Waals surface area contributed by atoms with Crippen LogP contribution in [0.25, 0.3) is 11.1 Å². The number of carbonyl (C=O) groups is 3. The predicted molar refractivity (Wildman–Crippen MR) is 132 cm³/mol. The lowest BCUT2D eigenvalue weighted by Crippen LogP contribution is -2.55. The maximum absolute atomic E-state index is 13.2. The second-order valence-electron chi connectivity index (χ2n) is 8.82. The highest BCUT2D eigenvalue weighted by Gasteiger charge is 2.36. The quantitative estimate of drug-likeness (QED) is 0.620. The fraction of sp³-hybridized carbons (Fsp3) is 0.423. The third-order valence-electron chi connectivity index (χ3n) is 6.75. The molecule has 8 heteroatoms. The van der Waals surface area contributed by atoms with Gasteiger partial charge in [-0.1, -0.05) is 68.8 Å². The third kappa shape index (κ3) is 4.92. The molecule has 1 heterocycles. The monoisotopic (exact) mass is 482 g/mol. The molecule has 2 aliphatic rings. The lowest BCUT2D eigenvalue weighted by molar-refractivity contribution is -0.139. The lowest BCUT2D eigenvalue weighted by Gasteiger charge is -2.34. The van der Waals surface area contributed by atoms with Crippen LogP contribution in [-0.4, -0.2) is 64.7 Å². The Morgan fingerprint density at radius 2 is 1.74 bits per heavy atom. The van der Waals surface area contributed by atoms with Crippen LogP contribution in [0.5, 0.6) is 0 Å². The predicted octanol–water partition coefficient (Wildman–Crippen LogP) is 3.97. The third-order valence-corrected chi connectivity index (χ3v) is 7.92. The molecule has 2 N–H and O–H groups in total. The van der Waals surface area contributed by atoms with Crippen molar-refractivity contribution in [1.29, 1.82) is 0 Å². The number of hydrogen-bond acceptors (Lipinski definition) is 5. The zero-order chi connectivity index (χ0) is 24.2. The Morgan fingerprint density at radius 1 is 1.12 bits per heavy atom. The van der Waals surface area contributed by atoms with Crippen LogP contribution < -0.4 is 5.32 Å². The largest absolute Gasteiger partial charge is 0.480 e. The van der Waals surface area contributed by atoms with Crippen LogP contribution in [0.1, 0.15) is 37.3 Å². The summed E-state index contributed by atoms with van der Waals surface area (Å²) in [5.74, 6) is -0.806. The standard InChI is InChI=1S/C26H30N2O5S/c1-3-16(2)23(24(29)28-12-13-34-22(14-28)25(30)31)27-26(32)33-15-21-19-10-6-4-8-17(19)18-9-5-7-11-20(18)21/h4-11,16,21-23H,3,12-15H2,1-2H3,(H,27,32)(H,30,31)/t16-,22?,23-/m0/s1. The van der Waals surface area contributed by atoms with Crippen molar-refractivity contribution in [3.05, 3.63) is 59.7 Å². The highest BCUT2D eigenvalue weighted by atomic mass is 32.2. The molecular formula is C26H30N2O5S. The molecule has 0 saturated carbocycles. The van der Waals surface area contributed by atoms with E-state index in [4.69, 9.17) is 4.74 Å². The zero-order valence-corrected chi connectivity index (χ0v) is 20.2. The van der Waals surface area contributed by atoms with Gasteiger partial charge in [-0.3, -0.25) is 9.59 Å². The van der Waals surface area contributed by atoms with Gasteiger partial charge in [0.2, 0.25) is 5.91 Å². The van der Waals surface area contributed by atoms with E-state index in [-0.39, 0.29) is 30.9 Å². The van der Waals surface area contributed by atoms with Gasteiger partial charge in [-0.25, -0.2) is 4.79 Å². The molecular weight excluding hydrogens is 452 g/mol. The van der Waals surface area contributed by atoms with Gasteiger partial charge in [0.15, 0.2) is 0 Å². The number of hydrogen-bond donors (Lipinski definition) is 2. The number of alkyl carbamates (subject to hydrolysis) is 1. The minimum Gasteiger partial charge on any atom is -0.480 e. The van der Waals surface area contributed by atoms with E-state index in [9.17, 15) is 19.5 Å². The molecule has 7 nitrogen and oxygen atoms in total. The molecule has 0 aromatic heterocycles. The molecule has 2 aromatic carbocycles. The maximum atomic E-state index is 13.2. The molecule has 0 radical (unpaired) electrons. The van der Waals surface area contributed by atoms with Crippen molar-refractivity contribution in [1.82, 2.24) is 10.2 Å². The fourth-order valence-electron chi connectivity index (χ4n) is 4.65. The number of carboxylic acids is 1. The molecule has 1 aliphatic carbocycles. The van der Waals surface area contributed by atoms with Crippen molar-refractivity contribution in [2.24, 2.45) is 5.92 Å². The molecule has 0 bridgehead atoms. The van der Waals surface area contributed by atoms with E-state index in [0.717, 1.165) is 22.3 Å². The van der Waals surface area contributed by atoms with Crippen LogP contribution >= 0.6 is 11.8 Å². The highest BCUT2D eigenvalue weighted by Crippen LogP contribution is 2.44. The van der Waals surface area contributed by atoms with Crippen LogP contribution in [0, 0.1) is 5.92 Å². The number of carboxylic acid groups (broad SMARTS) is 1. The number of benzene rings is 2. The Morgan fingerprint density at radius 3 is 2.32 bits per heavy atom. The van der Waals surface area contributed by atoms with Gasteiger partial charge in [0.25, 0.3) is 0 Å². The van der Waals surface area contributed by atoms with Gasteiger partial charge in [0.05, 0.1) is 0 Å². The van der Waals surface area contributed by atoms with Crippen molar-refractivity contribution < 1.29 is 24.2 Å². The Hall–Kier alpha value is -3.00. The summed E-state index contributed by atoms with van der Waals surface area (Å²) < 4.78 is 5.64. The Labute approximate surface area is 203 Å². The van der Waals surface area contributed by atoms with Crippen LogP contribution in [-0.2, 0) is 14.3 Å². The molecule has 1 saturated heterocycles. The minimum absolute atomic E-state index is 0.0636. The van der Waals surface area contributed by atoms with Crippen LogP contribution in [0.2, 0.25) is 0 Å². The minimum atomic E-state index is -0.924. The van der Waals surface area contributed by atoms with Crippen molar-refractivity contribution in [3.8, 4) is 11.1 Å². The lowest BCUT2D eigenvalue weighted by atomic mass is 9.97. The van der Waals surface area contributed by atoms with Gasteiger partial charge in [-0.05, 0) is 28.2 Å². The first-order valence-corrected chi connectivity index (χ1v) is 12.7. The SMILES string of the molecule is CC[C@H](C)[C@H](NC(=O)OCC1c2ccccc2-c2ccccc21)C(=O)N1CCSC(C(=O)O)C1. The summed E-state index contributed by atoms with van der Waals surface area (Å²) in [6.45, 7) is 4.63. The van der Waals surface area contributed by atoms with Crippen molar-refractivity contribution in [2.75, 3.05) is 25.4 Å². The van der Waals surface area contributed by atoms with E-state index in [2.05, 4.69) is 29.6 Å². The van der Waals surface area contributed by atoms with E-state index in [1.807, 2.05) is 38.1 Å². The van der Waals surface area contributed by atoms with Crippen LogP contribution in [0.15, 0.2) is 48.5 Å². The van der Waals surface area contributed by atoms with Gasteiger partial charge in [-0.2, -0.15) is 0 Å². The topological polar surface area (TPSA) is 95.9 Å². The van der Waals surface area contributed by atoms with E-state index in [0.29, 0.717) is 18.7 Å². The van der Waals surface area contributed by atoms with Gasteiger partial charge in [0.1, 0.15) is 17.9 Å². The molecule has 1 fully saturated rings. The average molecular weight is 483 g/mol. The summed E-state index contributed by atoms with van der Waals surface area (Å²) >= 11 is 1.34. The number of rotatable bonds is 7. The first kappa shape index (κ1) is 24.1. The van der Waals surface area contributed by atoms with Gasteiger partial charge >= 0.3 is 12.1 Å². The van der Waals surface area contributed by atoms with Gasteiger partial charge < -0.3 is 20.1 Å². The highest BCUT2D eigenvalue weighted by molar-refractivity contribution is 8.00. The number of nitrogens with one attached hydrogen (secondary N) is 1. The van der Waals surface area contributed by atoms with Crippen molar-refractivity contribution in [2.45, 2.75) is 37.5 Å². The Balaban J connectivity index is 1.43. The summed E-state index contributed by atoms with van der Waals surface area (Å²) in [5, 5.41) is 11.5. The first-order valence-electron chi connectivity index (χ1n) is 11.6. The molecule has 34 heavy (non-hydrogen) atoms. The average Bonchev–Trinajstić information content (AvgIpc) is 3.19. The normalized spacial score (nSPS) is 19.0. The van der Waals surface area contributed by atoms with E-state index in [1.54, 1.807) is 4.90 Å². The molecule has 1 unspecified atom stereocenters. The van der Waals surface area contributed by atoms with Crippen molar-refractivity contribution in [3.63, 3.8) is 0 Å². The van der Waals surface area contributed by atoms with E-state index < -0.39 is 23.4 Å². The second kappa shape index (κ2) is 10.5. The van der Waals surface area contributed by atoms with Gasteiger partial charge in [0, 0.05) is 24.8 Å². The summed E-state index contributed by atoms with van der Waals surface area (Å²) in [6, 6.07) is 15.5. The van der Waals surface area contributed by atoms with Crippen molar-refractivity contribution >= 4 is 29.7 Å². The Bertz CT molecular complexity index is 1030. The first-order chi connectivity index (χ1) is 16.4. The molecule has 180 valence electrons. The molecule has 2 amide bonds. The van der Waals surface area contributed by atoms with Crippen LogP contribution in [0.4, 0.5) is 4.79 Å². The molecule has 3 atom stereocenters. The summed E-state index contributed by atoms with van der Waals surface area (Å²) in [7, 11) is 0. The molecule has 4 rings (SSSR count). The summed E-state index contributed by atoms with van der Waals surface area (Å²) in [5.41, 5.74) is 4.54. The summed E-state index contributed by atoms with van der Waals surface area (Å²) in [6.07, 6.45) is 0.0482. The fourth-order valence-corrected chi connectivity index (χ4v) is 5.68. The molecule has 0 spiro atoms. The van der Waals surface area contributed by atoms with Gasteiger partial charge in [-0.15, -0.1) is 11.8 Å². The smallest absolute Gasteiger partial charge is 0.407 e. The number of ether oxygens (including phenoxy) is 1. The maximum Gasteiger partial charge on any atom is 0.407 e. The number of carbonyl (C=O) groups excluding carboxylic acids is 2. The zero-order valence-electron chi connectivity index (χ0n) is 19.4. The number of fused-ring (bicyclic) bond motifs is 3. The number of thioether (sulfide) groups is 1. The Kier molecular flexibility index (Phi) is 7.46. The number of aliphatic carboxylic acids is 1. The molecule has 2 aromatic rings. The molecule has 1 aliphatic heterocycles. The summed E-state index contributed by atoms with van der Waals surface area (Å²) in [4.78, 5) is 39.0. The number of nitrogens with zero attached hydrogens (tertiary/aromatic N) is 1.